The Morgan fingerprint density at radius 1 is 1.00 bits per heavy atom. The molecule has 0 aliphatic carbocycles. The summed E-state index contributed by atoms with van der Waals surface area (Å²) in [7, 11) is 0. The van der Waals surface area contributed by atoms with Gasteiger partial charge >= 0.3 is 0 Å². The van der Waals surface area contributed by atoms with Gasteiger partial charge in [-0.3, -0.25) is 0 Å². The molecule has 0 saturated carbocycles. The average Bonchev–Trinajstić information content (AvgIpc) is 2.48. The fraction of sp³-hybridized carbons (Fsp3) is 0.118. The summed E-state index contributed by atoms with van der Waals surface area (Å²) < 4.78 is 0. The molecule has 0 bridgehead atoms. The van der Waals surface area contributed by atoms with Crippen LogP contribution in [0.1, 0.15) is 18.5 Å². The first-order valence-electron chi connectivity index (χ1n) is 6.71. The molecule has 0 saturated heterocycles. The number of anilines is 2. The summed E-state index contributed by atoms with van der Waals surface area (Å²) >= 11 is 0. The third-order valence-corrected chi connectivity index (χ3v) is 3.38. The van der Waals surface area contributed by atoms with Crippen LogP contribution in [0.2, 0.25) is 0 Å². The van der Waals surface area contributed by atoms with Gasteiger partial charge in [0.05, 0.1) is 0 Å². The zero-order valence-corrected chi connectivity index (χ0v) is 11.4. The molecule has 1 heterocycles. The monoisotopic (exact) mass is 263 g/mol. The molecular formula is C17H17N3. The molecule has 3 N–H and O–H groups in total. The number of nitrogens with zero attached hydrogens (tertiary/aromatic N) is 1. The van der Waals surface area contributed by atoms with Crippen LogP contribution in [0.25, 0.3) is 10.8 Å². The second kappa shape index (κ2) is 5.31. The summed E-state index contributed by atoms with van der Waals surface area (Å²) in [5.41, 5.74) is 8.11. The highest BCUT2D eigenvalue weighted by atomic mass is 15.0. The Kier molecular flexibility index (Phi) is 3.35. The third-order valence-electron chi connectivity index (χ3n) is 3.38. The molecule has 0 spiro atoms. The number of nitrogens with two attached hydrogens (primary N) is 1. The van der Waals surface area contributed by atoms with Crippen LogP contribution >= 0.6 is 0 Å². The zero-order chi connectivity index (χ0) is 13.9. The minimum Gasteiger partial charge on any atom is -0.339 e. The minimum absolute atomic E-state index is 0.0197. The Morgan fingerprint density at radius 2 is 1.75 bits per heavy atom. The van der Waals surface area contributed by atoms with E-state index in [1.807, 2.05) is 55.6 Å². The topological polar surface area (TPSA) is 50.9 Å². The fourth-order valence-corrected chi connectivity index (χ4v) is 2.35. The molecule has 1 unspecified atom stereocenters. The summed E-state index contributed by atoms with van der Waals surface area (Å²) in [5, 5.41) is 5.68. The van der Waals surface area contributed by atoms with Crippen molar-refractivity contribution < 1.29 is 0 Å². The maximum absolute atomic E-state index is 6.02. The van der Waals surface area contributed by atoms with Gasteiger partial charge in [-0.15, -0.1) is 0 Å². The number of fused-ring (bicyclic) bond motifs is 1. The molecule has 3 aromatic rings. The molecule has 3 heteroatoms. The van der Waals surface area contributed by atoms with Gasteiger partial charge in [-0.25, -0.2) is 4.98 Å². The van der Waals surface area contributed by atoms with Crippen LogP contribution < -0.4 is 11.1 Å². The van der Waals surface area contributed by atoms with Crippen molar-refractivity contribution in [3.8, 4) is 0 Å². The first-order valence-corrected chi connectivity index (χ1v) is 6.71. The minimum atomic E-state index is -0.0197. The van der Waals surface area contributed by atoms with Crippen LogP contribution in [0.4, 0.5) is 11.5 Å². The molecule has 20 heavy (non-hydrogen) atoms. The molecule has 0 aliphatic rings. The van der Waals surface area contributed by atoms with E-state index in [2.05, 4.69) is 22.4 Å². The van der Waals surface area contributed by atoms with E-state index >= 15 is 0 Å². The van der Waals surface area contributed by atoms with Gasteiger partial charge in [-0.05, 0) is 30.0 Å². The molecule has 2 aromatic carbocycles. The fourth-order valence-electron chi connectivity index (χ4n) is 2.35. The van der Waals surface area contributed by atoms with Gasteiger partial charge in [0.15, 0.2) is 0 Å². The van der Waals surface area contributed by atoms with Gasteiger partial charge in [-0.2, -0.15) is 0 Å². The molecule has 3 nitrogen and oxygen atoms in total. The number of aromatic nitrogens is 1. The maximum Gasteiger partial charge on any atom is 0.138 e. The lowest BCUT2D eigenvalue weighted by Crippen LogP contribution is -2.08. The average molecular weight is 263 g/mol. The Bertz CT molecular complexity index is 730. The highest BCUT2D eigenvalue weighted by Crippen LogP contribution is 2.27. The van der Waals surface area contributed by atoms with Gasteiger partial charge in [0.2, 0.25) is 0 Å². The van der Waals surface area contributed by atoms with E-state index in [0.29, 0.717) is 0 Å². The van der Waals surface area contributed by atoms with Crippen LogP contribution in [-0.2, 0) is 0 Å². The van der Waals surface area contributed by atoms with Crippen molar-refractivity contribution in [1.29, 1.82) is 0 Å². The summed E-state index contributed by atoms with van der Waals surface area (Å²) in [6.45, 7) is 1.98. The SMILES string of the molecule is CC(N)c1ccccc1Nc1nccc2ccccc12. The van der Waals surface area contributed by atoms with Crippen LogP contribution in [0.5, 0.6) is 0 Å². The second-order valence-corrected chi connectivity index (χ2v) is 4.88. The predicted molar refractivity (Wildman–Crippen MR) is 84.1 cm³/mol. The molecule has 1 atom stereocenters. The van der Waals surface area contributed by atoms with Crippen LogP contribution in [0.3, 0.4) is 0 Å². The first-order chi connectivity index (χ1) is 9.75. The van der Waals surface area contributed by atoms with Crippen molar-refractivity contribution in [2.45, 2.75) is 13.0 Å². The van der Waals surface area contributed by atoms with E-state index in [-0.39, 0.29) is 6.04 Å². The predicted octanol–water partition coefficient (Wildman–Crippen LogP) is 4.00. The zero-order valence-electron chi connectivity index (χ0n) is 11.4. The summed E-state index contributed by atoms with van der Waals surface area (Å²) in [5.74, 6) is 0.858. The number of benzene rings is 2. The number of hydrogen-bond donors (Lipinski definition) is 2. The van der Waals surface area contributed by atoms with Gasteiger partial charge in [0, 0.05) is 23.3 Å². The quantitative estimate of drug-likeness (QED) is 0.751. The molecule has 3 rings (SSSR count). The number of hydrogen-bond acceptors (Lipinski definition) is 3. The van der Waals surface area contributed by atoms with Crippen molar-refractivity contribution in [1.82, 2.24) is 4.98 Å². The Labute approximate surface area is 118 Å². The lowest BCUT2D eigenvalue weighted by molar-refractivity contribution is 0.820. The van der Waals surface area contributed by atoms with Crippen molar-refractivity contribution in [3.05, 3.63) is 66.4 Å². The molecule has 100 valence electrons. The molecule has 0 aliphatic heterocycles. The number of rotatable bonds is 3. The van der Waals surface area contributed by atoms with Gasteiger partial charge in [-0.1, -0.05) is 42.5 Å². The van der Waals surface area contributed by atoms with Gasteiger partial charge in [0.1, 0.15) is 5.82 Å². The Hall–Kier alpha value is -2.39. The molecular weight excluding hydrogens is 246 g/mol. The lowest BCUT2D eigenvalue weighted by Gasteiger charge is -2.15. The largest absolute Gasteiger partial charge is 0.339 e. The first kappa shape index (κ1) is 12.6. The number of pyridine rings is 1. The van der Waals surface area contributed by atoms with E-state index in [4.69, 9.17) is 5.73 Å². The van der Waals surface area contributed by atoms with E-state index in [9.17, 15) is 0 Å². The van der Waals surface area contributed by atoms with Crippen LogP contribution in [-0.4, -0.2) is 4.98 Å². The van der Waals surface area contributed by atoms with Crippen molar-refractivity contribution in [2.24, 2.45) is 5.73 Å². The Balaban J connectivity index is 2.06. The molecule has 0 radical (unpaired) electrons. The molecule has 0 amide bonds. The van der Waals surface area contributed by atoms with E-state index in [1.54, 1.807) is 0 Å². The van der Waals surface area contributed by atoms with Gasteiger partial charge < -0.3 is 11.1 Å². The lowest BCUT2D eigenvalue weighted by atomic mass is 10.1. The normalized spacial score (nSPS) is 12.3. The smallest absolute Gasteiger partial charge is 0.138 e. The highest BCUT2D eigenvalue weighted by Gasteiger charge is 2.08. The second-order valence-electron chi connectivity index (χ2n) is 4.88. The Morgan fingerprint density at radius 3 is 2.60 bits per heavy atom. The standard InChI is InChI=1S/C17H17N3/c1-12(18)14-7-4-5-9-16(14)20-17-15-8-3-2-6-13(15)10-11-19-17/h2-12H,18H2,1H3,(H,19,20). The number of nitrogens with one attached hydrogen (secondary N) is 1. The number of para-hydroxylation sites is 1. The maximum atomic E-state index is 6.02. The van der Waals surface area contributed by atoms with Crippen molar-refractivity contribution in [2.75, 3.05) is 5.32 Å². The van der Waals surface area contributed by atoms with Crippen molar-refractivity contribution in [3.63, 3.8) is 0 Å². The van der Waals surface area contributed by atoms with Crippen molar-refractivity contribution >= 4 is 22.3 Å². The highest BCUT2D eigenvalue weighted by molar-refractivity contribution is 5.93. The molecule has 0 fully saturated rings. The third kappa shape index (κ3) is 2.36. The summed E-state index contributed by atoms with van der Waals surface area (Å²) in [6, 6.07) is 18.3. The van der Waals surface area contributed by atoms with Crippen LogP contribution in [0, 0.1) is 0 Å². The van der Waals surface area contributed by atoms with E-state index in [0.717, 1.165) is 22.5 Å². The van der Waals surface area contributed by atoms with E-state index in [1.165, 1.54) is 5.39 Å². The molecule has 1 aromatic heterocycles. The van der Waals surface area contributed by atoms with E-state index < -0.39 is 0 Å². The summed E-state index contributed by atoms with van der Waals surface area (Å²) in [4.78, 5) is 4.45. The van der Waals surface area contributed by atoms with Gasteiger partial charge in [0.25, 0.3) is 0 Å². The summed E-state index contributed by atoms with van der Waals surface area (Å²) in [6.07, 6.45) is 1.82. The van der Waals surface area contributed by atoms with Crippen LogP contribution in [0.15, 0.2) is 60.8 Å².